The van der Waals surface area contributed by atoms with Gasteiger partial charge in [0.2, 0.25) is 10.0 Å². The number of benzene rings is 1. The first-order chi connectivity index (χ1) is 11.5. The van der Waals surface area contributed by atoms with Gasteiger partial charge in [-0.15, -0.1) is 0 Å². The van der Waals surface area contributed by atoms with Gasteiger partial charge in [-0.05, 0) is 31.1 Å². The molecule has 1 aromatic carbocycles. The summed E-state index contributed by atoms with van der Waals surface area (Å²) in [6.45, 7) is 0.906. The van der Waals surface area contributed by atoms with E-state index < -0.39 is 14.9 Å². The lowest BCUT2D eigenvalue weighted by atomic mass is 10.2. The van der Waals surface area contributed by atoms with E-state index in [0.29, 0.717) is 12.4 Å². The molecule has 0 amide bonds. The number of para-hydroxylation sites is 1. The number of thioether (sulfide) groups is 1. The Hall–Kier alpha value is -1.16. The molecule has 24 heavy (non-hydrogen) atoms. The maximum atomic E-state index is 13.2. The topological polar surface area (TPSA) is 89.8 Å². The lowest BCUT2D eigenvalue weighted by Crippen LogP contribution is -2.44. The summed E-state index contributed by atoms with van der Waals surface area (Å²) < 4.78 is 33.4. The lowest BCUT2D eigenvalue weighted by Gasteiger charge is -2.29. The first-order valence-corrected chi connectivity index (χ1v) is 10.5. The van der Waals surface area contributed by atoms with Crippen LogP contribution in [0.15, 0.2) is 29.2 Å². The maximum absolute atomic E-state index is 13.2. The van der Waals surface area contributed by atoms with E-state index in [4.69, 9.17) is 4.74 Å². The summed E-state index contributed by atoms with van der Waals surface area (Å²) in [5, 5.41) is 11.3. The number of sulfonamides is 1. The van der Waals surface area contributed by atoms with Crippen molar-refractivity contribution in [3.05, 3.63) is 34.4 Å². The van der Waals surface area contributed by atoms with Gasteiger partial charge in [0.1, 0.15) is 0 Å². The molecule has 2 fully saturated rings. The van der Waals surface area contributed by atoms with Crippen molar-refractivity contribution in [2.45, 2.75) is 36.3 Å². The fraction of sp³-hybridized carbons (Fsp3) is 0.600. The van der Waals surface area contributed by atoms with Crippen molar-refractivity contribution < 1.29 is 18.1 Å². The molecule has 0 radical (unpaired) electrons. The zero-order chi connectivity index (χ0) is 17.2. The number of hydrogen-bond acceptors (Lipinski definition) is 6. The van der Waals surface area contributed by atoms with Crippen molar-refractivity contribution in [3.63, 3.8) is 0 Å². The predicted molar refractivity (Wildman–Crippen MR) is 91.7 cm³/mol. The number of nitro groups is 1. The van der Waals surface area contributed by atoms with Crippen LogP contribution in [0.25, 0.3) is 0 Å². The normalized spacial score (nSPS) is 24.5. The molecule has 3 rings (SSSR count). The fourth-order valence-electron chi connectivity index (χ4n) is 3.13. The Bertz CT molecular complexity index is 698. The van der Waals surface area contributed by atoms with Crippen molar-refractivity contribution in [1.82, 2.24) is 4.31 Å². The minimum Gasteiger partial charge on any atom is -0.377 e. The third kappa shape index (κ3) is 3.58. The molecule has 0 bridgehead atoms. The smallest absolute Gasteiger partial charge is 0.289 e. The lowest BCUT2D eigenvalue weighted by molar-refractivity contribution is -0.387. The Morgan fingerprint density at radius 2 is 2.12 bits per heavy atom. The molecule has 0 spiro atoms. The first-order valence-electron chi connectivity index (χ1n) is 7.95. The highest BCUT2D eigenvalue weighted by atomic mass is 32.2. The van der Waals surface area contributed by atoms with Gasteiger partial charge >= 0.3 is 0 Å². The summed E-state index contributed by atoms with van der Waals surface area (Å²) in [5.74, 6) is 1.62. The second kappa shape index (κ2) is 7.38. The van der Waals surface area contributed by atoms with Crippen LogP contribution in [-0.4, -0.2) is 54.4 Å². The van der Waals surface area contributed by atoms with E-state index in [2.05, 4.69) is 0 Å². The number of hydrogen-bond donors (Lipinski definition) is 0. The molecular formula is C15H20N2O5S2. The van der Waals surface area contributed by atoms with Crippen molar-refractivity contribution in [3.8, 4) is 0 Å². The van der Waals surface area contributed by atoms with Crippen LogP contribution in [0.5, 0.6) is 0 Å². The predicted octanol–water partition coefficient (Wildman–Crippen LogP) is 2.27. The van der Waals surface area contributed by atoms with Crippen LogP contribution < -0.4 is 0 Å². The third-order valence-electron chi connectivity index (χ3n) is 4.37. The molecule has 1 aromatic rings. The quantitative estimate of drug-likeness (QED) is 0.562. The average molecular weight is 372 g/mol. The van der Waals surface area contributed by atoms with Crippen molar-refractivity contribution >= 4 is 27.5 Å². The monoisotopic (exact) mass is 372 g/mol. The van der Waals surface area contributed by atoms with Gasteiger partial charge in [-0.1, -0.05) is 12.1 Å². The summed E-state index contributed by atoms with van der Waals surface area (Å²) in [6.07, 6.45) is 2.37. The molecule has 0 aromatic heterocycles. The van der Waals surface area contributed by atoms with Gasteiger partial charge in [0.15, 0.2) is 4.90 Å². The molecule has 132 valence electrons. The third-order valence-corrected chi connectivity index (χ3v) is 7.48. The van der Waals surface area contributed by atoms with Gasteiger partial charge in [-0.3, -0.25) is 10.1 Å². The van der Waals surface area contributed by atoms with Crippen molar-refractivity contribution in [2.24, 2.45) is 0 Å². The Labute approximate surface area is 145 Å². The van der Waals surface area contributed by atoms with Crippen molar-refractivity contribution in [1.29, 1.82) is 0 Å². The molecule has 2 saturated heterocycles. The van der Waals surface area contributed by atoms with Crippen molar-refractivity contribution in [2.75, 3.05) is 24.7 Å². The van der Waals surface area contributed by atoms with Gasteiger partial charge in [0, 0.05) is 31.0 Å². The van der Waals surface area contributed by atoms with E-state index in [1.54, 1.807) is 11.8 Å². The second-order valence-corrected chi connectivity index (χ2v) is 8.96. The van der Waals surface area contributed by atoms with E-state index in [1.807, 2.05) is 0 Å². The van der Waals surface area contributed by atoms with Crippen LogP contribution in [0.1, 0.15) is 19.3 Å². The molecular weight excluding hydrogens is 352 g/mol. The van der Waals surface area contributed by atoms with E-state index in [0.717, 1.165) is 25.0 Å². The second-order valence-electron chi connectivity index (χ2n) is 5.95. The number of ether oxygens (including phenoxy) is 1. The SMILES string of the molecule is O=[N+]([O-])c1ccccc1S(=O)(=O)N(C[C@H]1CCCO1)[C@H]1CCSC1. The first kappa shape index (κ1) is 17.7. The van der Waals surface area contributed by atoms with Crippen LogP contribution >= 0.6 is 11.8 Å². The highest BCUT2D eigenvalue weighted by molar-refractivity contribution is 7.99. The maximum Gasteiger partial charge on any atom is 0.289 e. The molecule has 2 aliphatic rings. The number of rotatable bonds is 6. The Morgan fingerprint density at radius 3 is 2.75 bits per heavy atom. The largest absolute Gasteiger partial charge is 0.377 e. The van der Waals surface area contributed by atoms with Crippen LogP contribution in [-0.2, 0) is 14.8 Å². The Balaban J connectivity index is 1.97. The average Bonchev–Trinajstić information content (AvgIpc) is 3.26. The Kier molecular flexibility index (Phi) is 5.43. The molecule has 2 atom stereocenters. The number of nitrogens with zero attached hydrogens (tertiary/aromatic N) is 2. The van der Waals surface area contributed by atoms with E-state index in [1.165, 1.54) is 28.6 Å². The minimum absolute atomic E-state index is 0.131. The minimum atomic E-state index is -3.95. The van der Waals surface area contributed by atoms with Crippen LogP contribution in [0.2, 0.25) is 0 Å². The summed E-state index contributed by atoms with van der Waals surface area (Å²) in [4.78, 5) is 10.4. The molecule has 2 aliphatic heterocycles. The Morgan fingerprint density at radius 1 is 1.33 bits per heavy atom. The van der Waals surface area contributed by atoms with Gasteiger partial charge in [0.05, 0.1) is 11.0 Å². The highest BCUT2D eigenvalue weighted by Crippen LogP contribution is 2.32. The zero-order valence-corrected chi connectivity index (χ0v) is 14.8. The molecule has 0 saturated carbocycles. The molecule has 9 heteroatoms. The summed E-state index contributed by atoms with van der Waals surface area (Å²) >= 11 is 1.71. The van der Waals surface area contributed by atoms with Gasteiger partial charge < -0.3 is 4.74 Å². The summed E-state index contributed by atoms with van der Waals surface area (Å²) in [7, 11) is -3.95. The molecule has 2 heterocycles. The number of nitro benzene ring substituents is 1. The van der Waals surface area contributed by atoms with E-state index in [-0.39, 0.29) is 29.3 Å². The molecule has 0 N–H and O–H groups in total. The summed E-state index contributed by atoms with van der Waals surface area (Å²) in [6, 6.07) is 5.42. The molecule has 7 nitrogen and oxygen atoms in total. The zero-order valence-electron chi connectivity index (χ0n) is 13.2. The molecule has 0 aliphatic carbocycles. The van der Waals surface area contributed by atoms with Crippen LogP contribution in [0, 0.1) is 10.1 Å². The fourth-order valence-corrected chi connectivity index (χ4v) is 6.30. The standard InChI is InChI=1S/C15H20N2O5S2/c18-17(19)14-5-1-2-6-15(14)24(20,21)16(12-7-9-23-11-12)10-13-4-3-8-22-13/h1-2,5-6,12-13H,3-4,7-11H2/t12-,13+/m0/s1. The van der Waals surface area contributed by atoms with E-state index >= 15 is 0 Å². The van der Waals surface area contributed by atoms with Gasteiger partial charge in [0.25, 0.3) is 5.69 Å². The van der Waals surface area contributed by atoms with Gasteiger partial charge in [-0.25, -0.2) is 8.42 Å². The van der Waals surface area contributed by atoms with E-state index in [9.17, 15) is 18.5 Å². The van der Waals surface area contributed by atoms with Crippen LogP contribution in [0.4, 0.5) is 5.69 Å². The van der Waals surface area contributed by atoms with Crippen LogP contribution in [0.3, 0.4) is 0 Å². The summed E-state index contributed by atoms with van der Waals surface area (Å²) in [5.41, 5.74) is -0.375. The molecule has 0 unspecified atom stereocenters. The van der Waals surface area contributed by atoms with Gasteiger partial charge in [-0.2, -0.15) is 16.1 Å². The highest BCUT2D eigenvalue weighted by Gasteiger charge is 2.39.